The van der Waals surface area contributed by atoms with Gasteiger partial charge in [0.2, 0.25) is 0 Å². The molecule has 1 aliphatic rings. The van der Waals surface area contributed by atoms with Gasteiger partial charge in [-0.2, -0.15) is 0 Å². The molecule has 0 saturated heterocycles. The van der Waals surface area contributed by atoms with Crippen molar-refractivity contribution in [3.8, 4) is 0 Å². The monoisotopic (exact) mass is 251 g/mol. The zero-order valence-corrected chi connectivity index (χ0v) is 12.1. The molecule has 1 aromatic heterocycles. The van der Waals surface area contributed by atoms with Gasteiger partial charge in [0.15, 0.2) is 0 Å². The smallest absolute Gasteiger partial charge is 0.00966 e. The van der Waals surface area contributed by atoms with Crippen molar-refractivity contribution in [2.45, 2.75) is 52.0 Å². The van der Waals surface area contributed by atoms with E-state index in [4.69, 9.17) is 0 Å². The van der Waals surface area contributed by atoms with Gasteiger partial charge >= 0.3 is 0 Å². The molecule has 1 N–H and O–H groups in total. The van der Waals surface area contributed by atoms with Crippen LogP contribution in [0.15, 0.2) is 17.5 Å². The van der Waals surface area contributed by atoms with Crippen LogP contribution in [0.4, 0.5) is 0 Å². The predicted molar refractivity (Wildman–Crippen MR) is 76.6 cm³/mol. The second kappa shape index (κ2) is 5.53. The van der Waals surface area contributed by atoms with Gasteiger partial charge in [0.05, 0.1) is 0 Å². The second-order valence-corrected chi connectivity index (χ2v) is 7.40. The summed E-state index contributed by atoms with van der Waals surface area (Å²) in [6.45, 7) is 7.97. The van der Waals surface area contributed by atoms with Gasteiger partial charge in [-0.15, -0.1) is 11.3 Å². The Labute approximate surface area is 110 Å². The number of hydrogen-bond donors (Lipinski definition) is 1. The van der Waals surface area contributed by atoms with Gasteiger partial charge in [-0.3, -0.25) is 0 Å². The van der Waals surface area contributed by atoms with Crippen molar-refractivity contribution in [3.63, 3.8) is 0 Å². The van der Waals surface area contributed by atoms with E-state index in [1.807, 2.05) is 11.3 Å². The van der Waals surface area contributed by atoms with Crippen LogP contribution >= 0.6 is 11.3 Å². The predicted octanol–water partition coefficient (Wildman–Crippen LogP) is 4.10. The molecule has 0 bridgehead atoms. The fraction of sp³-hybridized carbons (Fsp3) is 0.733. The van der Waals surface area contributed by atoms with Crippen molar-refractivity contribution in [2.24, 2.45) is 11.8 Å². The van der Waals surface area contributed by atoms with Crippen molar-refractivity contribution in [2.75, 3.05) is 6.54 Å². The summed E-state index contributed by atoms with van der Waals surface area (Å²) in [5.41, 5.74) is 0.260. The van der Waals surface area contributed by atoms with E-state index in [-0.39, 0.29) is 5.54 Å². The van der Waals surface area contributed by atoms with Crippen molar-refractivity contribution < 1.29 is 0 Å². The van der Waals surface area contributed by atoms with Crippen LogP contribution in [0.5, 0.6) is 0 Å². The van der Waals surface area contributed by atoms with Crippen LogP contribution in [0, 0.1) is 11.8 Å². The van der Waals surface area contributed by atoms with E-state index in [2.05, 4.69) is 43.6 Å². The van der Waals surface area contributed by atoms with Gasteiger partial charge in [-0.1, -0.05) is 12.5 Å². The number of nitrogens with one attached hydrogen (secondary N) is 1. The molecule has 17 heavy (non-hydrogen) atoms. The Hall–Kier alpha value is -0.340. The third-order valence-electron chi connectivity index (χ3n) is 3.75. The molecular formula is C15H25NS. The van der Waals surface area contributed by atoms with E-state index < -0.39 is 0 Å². The fourth-order valence-corrected chi connectivity index (χ4v) is 3.57. The largest absolute Gasteiger partial charge is 0.312 e. The van der Waals surface area contributed by atoms with Crippen molar-refractivity contribution >= 4 is 11.3 Å². The minimum Gasteiger partial charge on any atom is -0.312 e. The van der Waals surface area contributed by atoms with Crippen LogP contribution in [0.3, 0.4) is 0 Å². The third kappa shape index (κ3) is 4.11. The molecule has 0 radical (unpaired) electrons. The van der Waals surface area contributed by atoms with Crippen LogP contribution < -0.4 is 5.32 Å². The Morgan fingerprint density at radius 3 is 2.71 bits per heavy atom. The lowest BCUT2D eigenvalue weighted by molar-refractivity contribution is 0.318. The summed E-state index contributed by atoms with van der Waals surface area (Å²) in [7, 11) is 0. The molecule has 1 nitrogen and oxygen atoms in total. The average Bonchev–Trinajstić information content (AvgIpc) is 2.86. The average molecular weight is 251 g/mol. The number of thiophene rings is 1. The Morgan fingerprint density at radius 1 is 1.29 bits per heavy atom. The molecule has 0 spiro atoms. The number of rotatable bonds is 4. The first-order valence-corrected chi connectivity index (χ1v) is 7.70. The molecule has 1 aliphatic carbocycles. The van der Waals surface area contributed by atoms with Crippen molar-refractivity contribution in [1.29, 1.82) is 0 Å². The summed E-state index contributed by atoms with van der Waals surface area (Å²) >= 11 is 1.92. The molecule has 1 saturated carbocycles. The Kier molecular flexibility index (Phi) is 4.26. The van der Waals surface area contributed by atoms with Crippen molar-refractivity contribution in [3.05, 3.63) is 22.4 Å². The molecule has 2 rings (SSSR count). The highest BCUT2D eigenvalue weighted by Gasteiger charge is 2.28. The molecule has 1 aromatic rings. The molecule has 1 fully saturated rings. The van der Waals surface area contributed by atoms with E-state index in [0.717, 1.165) is 11.8 Å². The lowest BCUT2D eigenvalue weighted by Gasteiger charge is -2.26. The Bertz CT molecular complexity index is 323. The molecule has 2 heteroatoms. The molecule has 1 heterocycles. The minimum absolute atomic E-state index is 0.260. The lowest BCUT2D eigenvalue weighted by atomic mass is 9.91. The van der Waals surface area contributed by atoms with Crippen LogP contribution in [0.25, 0.3) is 0 Å². The quantitative estimate of drug-likeness (QED) is 0.849. The normalized spacial score (nSPS) is 25.4. The fourth-order valence-electron chi connectivity index (χ4n) is 2.78. The summed E-state index contributed by atoms with van der Waals surface area (Å²) in [5.74, 6) is 1.79. The third-order valence-corrected chi connectivity index (χ3v) is 4.65. The van der Waals surface area contributed by atoms with Gasteiger partial charge in [-0.25, -0.2) is 0 Å². The molecule has 2 atom stereocenters. The molecule has 2 unspecified atom stereocenters. The molecule has 0 amide bonds. The lowest BCUT2D eigenvalue weighted by Crippen LogP contribution is -2.40. The summed E-state index contributed by atoms with van der Waals surface area (Å²) in [5, 5.41) is 5.88. The second-order valence-electron chi connectivity index (χ2n) is 6.37. The maximum atomic E-state index is 3.68. The van der Waals surface area contributed by atoms with Crippen molar-refractivity contribution in [1.82, 2.24) is 5.32 Å². The zero-order valence-electron chi connectivity index (χ0n) is 11.3. The van der Waals surface area contributed by atoms with Gasteiger partial charge in [0.25, 0.3) is 0 Å². The topological polar surface area (TPSA) is 12.0 Å². The van der Waals surface area contributed by atoms with Gasteiger partial charge in [0, 0.05) is 10.4 Å². The molecule has 0 aliphatic heterocycles. The van der Waals surface area contributed by atoms with Crippen LogP contribution in [-0.2, 0) is 6.42 Å². The van der Waals surface area contributed by atoms with Crippen LogP contribution in [0.1, 0.15) is 44.9 Å². The van der Waals surface area contributed by atoms with Gasteiger partial charge in [0.1, 0.15) is 0 Å². The summed E-state index contributed by atoms with van der Waals surface area (Å²) in [6.07, 6.45) is 5.56. The number of hydrogen-bond acceptors (Lipinski definition) is 2. The first-order valence-electron chi connectivity index (χ1n) is 6.82. The Morgan fingerprint density at radius 2 is 2.06 bits per heavy atom. The molecular weight excluding hydrogens is 226 g/mol. The molecule has 0 aromatic carbocycles. The highest BCUT2D eigenvalue weighted by Crippen LogP contribution is 2.34. The summed E-state index contributed by atoms with van der Waals surface area (Å²) in [4.78, 5) is 1.57. The first-order chi connectivity index (χ1) is 8.04. The Balaban J connectivity index is 1.85. The molecule has 96 valence electrons. The minimum atomic E-state index is 0.260. The highest BCUT2D eigenvalue weighted by atomic mass is 32.1. The summed E-state index contributed by atoms with van der Waals surface area (Å²) < 4.78 is 0. The summed E-state index contributed by atoms with van der Waals surface area (Å²) in [6, 6.07) is 4.47. The van der Waals surface area contributed by atoms with E-state index in [1.54, 1.807) is 4.88 Å². The van der Waals surface area contributed by atoms with Gasteiger partial charge < -0.3 is 5.32 Å². The maximum absolute atomic E-state index is 3.68. The van der Waals surface area contributed by atoms with E-state index in [0.29, 0.717) is 0 Å². The first kappa shape index (κ1) is 13.1. The standard InChI is InChI=1S/C15H25NS/c1-15(2,3)16-11-13-7-4-6-12(13)10-14-8-5-9-17-14/h5,8-9,12-13,16H,4,6-7,10-11H2,1-3H3. The van der Waals surface area contributed by atoms with Gasteiger partial charge in [-0.05, 0) is 69.9 Å². The maximum Gasteiger partial charge on any atom is 0.00966 e. The highest BCUT2D eigenvalue weighted by molar-refractivity contribution is 7.09. The van der Waals surface area contributed by atoms with Crippen LogP contribution in [0.2, 0.25) is 0 Å². The van der Waals surface area contributed by atoms with E-state index in [9.17, 15) is 0 Å². The zero-order chi connectivity index (χ0) is 12.3. The van der Waals surface area contributed by atoms with Crippen LogP contribution in [-0.4, -0.2) is 12.1 Å². The SMILES string of the molecule is CC(C)(C)NCC1CCCC1Cc1cccs1. The van der Waals surface area contributed by atoms with E-state index >= 15 is 0 Å². The van der Waals surface area contributed by atoms with E-state index in [1.165, 1.54) is 32.2 Å².